The van der Waals surface area contributed by atoms with Crippen molar-refractivity contribution in [2.45, 2.75) is 32.4 Å². The molecule has 0 saturated carbocycles. The van der Waals surface area contributed by atoms with Crippen LogP contribution in [0, 0.1) is 5.82 Å². The number of hydrogen-bond acceptors (Lipinski definition) is 5. The zero-order valence-electron chi connectivity index (χ0n) is 17.9. The highest BCUT2D eigenvalue weighted by Crippen LogP contribution is 2.34. The second-order valence-electron chi connectivity index (χ2n) is 7.72. The van der Waals surface area contributed by atoms with Crippen molar-refractivity contribution in [3.8, 4) is 0 Å². The van der Waals surface area contributed by atoms with Crippen LogP contribution in [0.1, 0.15) is 60.1 Å². The van der Waals surface area contributed by atoms with Crippen LogP contribution in [0.3, 0.4) is 0 Å². The Kier molecular flexibility index (Phi) is 6.67. The van der Waals surface area contributed by atoms with Crippen molar-refractivity contribution in [2.24, 2.45) is 0 Å². The minimum Gasteiger partial charge on any atom is -0.465 e. The van der Waals surface area contributed by atoms with Gasteiger partial charge in [0, 0.05) is 16.2 Å². The third-order valence-corrected chi connectivity index (χ3v) is 6.78. The van der Waals surface area contributed by atoms with Crippen LogP contribution in [-0.4, -0.2) is 25.6 Å². The Morgan fingerprint density at radius 1 is 1.16 bits per heavy atom. The van der Waals surface area contributed by atoms with Gasteiger partial charge in [0.2, 0.25) is 0 Å². The number of carbonyl (C=O) groups is 2. The van der Waals surface area contributed by atoms with Gasteiger partial charge in [0.25, 0.3) is 5.91 Å². The molecule has 0 saturated heterocycles. The number of hydrogen-bond donors (Lipinski definition) is 1. The van der Waals surface area contributed by atoms with E-state index in [1.807, 2.05) is 19.1 Å². The molecule has 1 atom stereocenters. The van der Waals surface area contributed by atoms with Crippen molar-refractivity contribution >= 4 is 23.2 Å². The van der Waals surface area contributed by atoms with Crippen LogP contribution in [0.4, 0.5) is 4.39 Å². The molecule has 1 amide bonds. The van der Waals surface area contributed by atoms with Gasteiger partial charge in [0.15, 0.2) is 0 Å². The second-order valence-corrected chi connectivity index (χ2v) is 8.91. The molecule has 2 heterocycles. The molecule has 1 aliphatic rings. The van der Waals surface area contributed by atoms with Crippen LogP contribution in [-0.2, 0) is 28.9 Å². The number of benzene rings is 2. The molecule has 2 aromatic carbocycles. The lowest BCUT2D eigenvalue weighted by Gasteiger charge is -2.18. The number of thiophene rings is 1. The van der Waals surface area contributed by atoms with Crippen LogP contribution in [0.5, 0.6) is 0 Å². The average molecular weight is 454 g/mol. The van der Waals surface area contributed by atoms with E-state index in [4.69, 9.17) is 9.47 Å². The van der Waals surface area contributed by atoms with E-state index in [0.717, 1.165) is 26.4 Å². The van der Waals surface area contributed by atoms with Gasteiger partial charge in [-0.25, -0.2) is 9.18 Å². The molecule has 1 aromatic heterocycles. The van der Waals surface area contributed by atoms with Gasteiger partial charge in [-0.3, -0.25) is 4.79 Å². The van der Waals surface area contributed by atoms with Crippen LogP contribution in [0.15, 0.2) is 48.5 Å². The molecule has 1 aliphatic heterocycles. The molecule has 166 valence electrons. The third-order valence-electron chi connectivity index (χ3n) is 5.58. The molecular weight excluding hydrogens is 429 g/mol. The van der Waals surface area contributed by atoms with E-state index in [9.17, 15) is 14.0 Å². The standard InChI is InChI=1S/C25H24FNO4S/c1-15(17-5-7-18(8-6-17)25(29)30-2)27-24(28)23-20-11-12-31-14-22(20)32-21(23)13-16-3-9-19(26)10-4-16/h3-10,15H,11-14H2,1-2H3,(H,27,28). The summed E-state index contributed by atoms with van der Waals surface area (Å²) >= 11 is 1.59. The fourth-order valence-corrected chi connectivity index (χ4v) is 5.17. The molecule has 5 nitrogen and oxygen atoms in total. The Bertz CT molecular complexity index is 1120. The number of nitrogens with one attached hydrogen (secondary N) is 1. The summed E-state index contributed by atoms with van der Waals surface area (Å²) in [5.41, 5.74) is 4.05. The molecular formula is C25H24FNO4S. The lowest BCUT2D eigenvalue weighted by molar-refractivity contribution is 0.0600. The van der Waals surface area contributed by atoms with Gasteiger partial charge in [-0.2, -0.15) is 0 Å². The van der Waals surface area contributed by atoms with Crippen molar-refractivity contribution in [3.05, 3.63) is 91.9 Å². The zero-order valence-corrected chi connectivity index (χ0v) is 18.8. The molecule has 0 fully saturated rings. The minimum absolute atomic E-state index is 0.133. The van der Waals surface area contributed by atoms with Crippen LogP contribution in [0.25, 0.3) is 0 Å². The first-order chi connectivity index (χ1) is 15.5. The van der Waals surface area contributed by atoms with E-state index in [0.29, 0.717) is 37.2 Å². The Labute approximate surface area is 190 Å². The van der Waals surface area contributed by atoms with Crippen molar-refractivity contribution in [2.75, 3.05) is 13.7 Å². The summed E-state index contributed by atoms with van der Waals surface area (Å²) in [5.74, 6) is -0.811. The van der Waals surface area contributed by atoms with Gasteiger partial charge < -0.3 is 14.8 Å². The largest absolute Gasteiger partial charge is 0.465 e. The summed E-state index contributed by atoms with van der Waals surface area (Å²) in [6, 6.07) is 13.1. The first-order valence-corrected chi connectivity index (χ1v) is 11.2. The molecule has 3 aromatic rings. The maximum absolute atomic E-state index is 13.4. The fourth-order valence-electron chi connectivity index (χ4n) is 3.84. The number of amides is 1. The number of fused-ring (bicyclic) bond motifs is 1. The smallest absolute Gasteiger partial charge is 0.337 e. The van der Waals surface area contributed by atoms with E-state index < -0.39 is 5.97 Å². The number of methoxy groups -OCH3 is 1. The number of rotatable bonds is 6. The van der Waals surface area contributed by atoms with Crippen molar-refractivity contribution in [1.29, 1.82) is 0 Å². The molecule has 7 heteroatoms. The number of esters is 1. The SMILES string of the molecule is COC(=O)c1ccc(C(C)NC(=O)c2c(Cc3ccc(F)cc3)sc3c2CCOC3)cc1. The highest BCUT2D eigenvalue weighted by atomic mass is 32.1. The van der Waals surface area contributed by atoms with Gasteiger partial charge in [-0.05, 0) is 54.3 Å². The molecule has 1 unspecified atom stereocenters. The highest BCUT2D eigenvalue weighted by molar-refractivity contribution is 7.12. The minimum atomic E-state index is -0.397. The molecule has 4 rings (SSSR count). The molecule has 0 radical (unpaired) electrons. The predicted molar refractivity (Wildman–Crippen MR) is 121 cm³/mol. The Morgan fingerprint density at radius 2 is 1.88 bits per heavy atom. The number of carbonyl (C=O) groups excluding carboxylic acids is 2. The van der Waals surface area contributed by atoms with Crippen LogP contribution < -0.4 is 5.32 Å². The van der Waals surface area contributed by atoms with E-state index in [1.54, 1.807) is 35.6 Å². The summed E-state index contributed by atoms with van der Waals surface area (Å²) < 4.78 is 23.6. The molecule has 1 N–H and O–H groups in total. The summed E-state index contributed by atoms with van der Waals surface area (Å²) in [6.07, 6.45) is 1.25. The molecule has 0 aliphatic carbocycles. The van der Waals surface area contributed by atoms with Gasteiger partial charge in [-0.15, -0.1) is 11.3 Å². The maximum Gasteiger partial charge on any atom is 0.337 e. The summed E-state index contributed by atoms with van der Waals surface area (Å²) in [4.78, 5) is 27.1. The summed E-state index contributed by atoms with van der Waals surface area (Å²) in [7, 11) is 1.34. The zero-order chi connectivity index (χ0) is 22.7. The highest BCUT2D eigenvalue weighted by Gasteiger charge is 2.26. The van der Waals surface area contributed by atoms with E-state index in [-0.39, 0.29) is 17.8 Å². The normalized spacial score (nSPS) is 13.8. The van der Waals surface area contributed by atoms with Crippen molar-refractivity contribution in [1.82, 2.24) is 5.32 Å². The van der Waals surface area contributed by atoms with Gasteiger partial charge in [-0.1, -0.05) is 24.3 Å². The van der Waals surface area contributed by atoms with Gasteiger partial charge in [0.05, 0.1) is 37.5 Å². The van der Waals surface area contributed by atoms with Crippen LogP contribution >= 0.6 is 11.3 Å². The summed E-state index contributed by atoms with van der Waals surface area (Å²) in [6.45, 7) is 3.01. The van der Waals surface area contributed by atoms with Gasteiger partial charge >= 0.3 is 5.97 Å². The predicted octanol–water partition coefficient (Wildman–Crippen LogP) is 4.83. The second kappa shape index (κ2) is 9.63. The summed E-state index contributed by atoms with van der Waals surface area (Å²) in [5, 5.41) is 3.10. The topological polar surface area (TPSA) is 64.6 Å². The van der Waals surface area contributed by atoms with E-state index >= 15 is 0 Å². The number of ether oxygens (including phenoxy) is 2. The molecule has 32 heavy (non-hydrogen) atoms. The lowest BCUT2D eigenvalue weighted by Crippen LogP contribution is -2.28. The average Bonchev–Trinajstić information content (AvgIpc) is 3.18. The molecule has 0 spiro atoms. The van der Waals surface area contributed by atoms with E-state index in [2.05, 4.69) is 5.32 Å². The molecule has 0 bridgehead atoms. The Morgan fingerprint density at radius 3 is 2.56 bits per heavy atom. The monoisotopic (exact) mass is 453 g/mol. The van der Waals surface area contributed by atoms with Gasteiger partial charge in [0.1, 0.15) is 5.82 Å². The Balaban J connectivity index is 1.57. The van der Waals surface area contributed by atoms with E-state index in [1.165, 1.54) is 19.2 Å². The Hall–Kier alpha value is -3.03. The lowest BCUT2D eigenvalue weighted by atomic mass is 9.99. The fraction of sp³-hybridized carbons (Fsp3) is 0.280. The van der Waals surface area contributed by atoms with Crippen molar-refractivity contribution in [3.63, 3.8) is 0 Å². The first kappa shape index (κ1) is 22.2. The number of halogens is 1. The quantitative estimate of drug-likeness (QED) is 0.543. The first-order valence-electron chi connectivity index (χ1n) is 10.4. The maximum atomic E-state index is 13.4. The third kappa shape index (κ3) is 4.74. The van der Waals surface area contributed by atoms with Crippen LogP contribution in [0.2, 0.25) is 0 Å². The van der Waals surface area contributed by atoms with Crippen molar-refractivity contribution < 1.29 is 23.5 Å².